The molecular formula is C12H13FO3. The number of hydrogen-bond acceptors (Lipinski definition) is 2. The summed E-state index contributed by atoms with van der Waals surface area (Å²) >= 11 is 0. The van der Waals surface area contributed by atoms with Crippen molar-refractivity contribution in [2.45, 2.75) is 13.8 Å². The molecule has 3 nitrogen and oxygen atoms in total. The molecule has 16 heavy (non-hydrogen) atoms. The Morgan fingerprint density at radius 1 is 1.56 bits per heavy atom. The number of carboxylic acid groups (broad SMARTS) is 1. The van der Waals surface area contributed by atoms with E-state index in [1.165, 1.54) is 12.1 Å². The Kier molecular flexibility index (Phi) is 4.05. The summed E-state index contributed by atoms with van der Waals surface area (Å²) in [6.07, 6.45) is 1.08. The van der Waals surface area contributed by atoms with Crippen LogP contribution in [0.2, 0.25) is 0 Å². The third-order valence-corrected chi connectivity index (χ3v) is 1.97. The van der Waals surface area contributed by atoms with Crippen LogP contribution in [-0.4, -0.2) is 17.7 Å². The quantitative estimate of drug-likeness (QED) is 0.799. The number of halogens is 1. The highest BCUT2D eigenvalue weighted by Gasteiger charge is 2.00. The summed E-state index contributed by atoms with van der Waals surface area (Å²) in [6.45, 7) is 3.48. The fourth-order valence-electron chi connectivity index (χ4n) is 1.16. The summed E-state index contributed by atoms with van der Waals surface area (Å²) in [5, 5.41) is 8.48. The summed E-state index contributed by atoms with van der Waals surface area (Å²) in [5.74, 6) is -0.765. The number of rotatable bonds is 4. The van der Waals surface area contributed by atoms with Gasteiger partial charge in [-0.15, -0.1) is 0 Å². The van der Waals surface area contributed by atoms with E-state index in [-0.39, 0.29) is 12.4 Å². The molecule has 0 bridgehead atoms. The number of hydrogen-bond donors (Lipinski definition) is 1. The molecule has 0 amide bonds. The monoisotopic (exact) mass is 224 g/mol. The maximum absolute atomic E-state index is 12.9. The van der Waals surface area contributed by atoms with Crippen molar-refractivity contribution < 1.29 is 19.0 Å². The lowest BCUT2D eigenvalue weighted by atomic mass is 10.2. The Balaban J connectivity index is 2.61. The van der Waals surface area contributed by atoms with Gasteiger partial charge in [-0.2, -0.15) is 0 Å². The van der Waals surface area contributed by atoms with Crippen molar-refractivity contribution in [3.63, 3.8) is 0 Å². The first kappa shape index (κ1) is 12.2. The molecule has 0 atom stereocenters. The lowest BCUT2D eigenvalue weighted by molar-refractivity contribution is -0.131. The van der Waals surface area contributed by atoms with Gasteiger partial charge in [0.25, 0.3) is 0 Å². The van der Waals surface area contributed by atoms with Gasteiger partial charge in [0.15, 0.2) is 0 Å². The minimum Gasteiger partial charge on any atom is -0.489 e. The van der Waals surface area contributed by atoms with Crippen LogP contribution in [0.3, 0.4) is 0 Å². The SMILES string of the molecule is C/C(=C/C(=O)O)COc1ccc(F)c(C)c1. The molecule has 0 saturated carbocycles. The van der Waals surface area contributed by atoms with Crippen molar-refractivity contribution >= 4 is 5.97 Å². The van der Waals surface area contributed by atoms with Crippen molar-refractivity contribution in [2.24, 2.45) is 0 Å². The third-order valence-electron chi connectivity index (χ3n) is 1.97. The molecule has 0 aliphatic heterocycles. The predicted molar refractivity (Wildman–Crippen MR) is 58.0 cm³/mol. The number of ether oxygens (including phenoxy) is 1. The second kappa shape index (κ2) is 5.30. The first-order valence-electron chi connectivity index (χ1n) is 4.78. The minimum atomic E-state index is -1.00. The highest BCUT2D eigenvalue weighted by atomic mass is 19.1. The molecule has 86 valence electrons. The van der Waals surface area contributed by atoms with E-state index in [1.807, 2.05) is 0 Å². The van der Waals surface area contributed by atoms with Gasteiger partial charge in [0, 0.05) is 6.08 Å². The normalized spacial score (nSPS) is 11.3. The van der Waals surface area contributed by atoms with Crippen LogP contribution >= 0.6 is 0 Å². The molecule has 0 saturated heterocycles. The van der Waals surface area contributed by atoms with Gasteiger partial charge in [-0.25, -0.2) is 9.18 Å². The molecule has 0 aliphatic carbocycles. The highest BCUT2D eigenvalue weighted by molar-refractivity contribution is 5.80. The molecule has 1 rings (SSSR count). The lowest BCUT2D eigenvalue weighted by Gasteiger charge is -2.07. The number of aliphatic carboxylic acids is 1. The van der Waals surface area contributed by atoms with E-state index in [1.54, 1.807) is 19.9 Å². The Bertz CT molecular complexity index is 424. The van der Waals surface area contributed by atoms with Crippen LogP contribution < -0.4 is 4.74 Å². The van der Waals surface area contributed by atoms with Crippen LogP contribution in [0.5, 0.6) is 5.75 Å². The van der Waals surface area contributed by atoms with E-state index < -0.39 is 5.97 Å². The van der Waals surface area contributed by atoms with Gasteiger partial charge in [0.2, 0.25) is 0 Å². The van der Waals surface area contributed by atoms with E-state index >= 15 is 0 Å². The van der Waals surface area contributed by atoms with Gasteiger partial charge < -0.3 is 9.84 Å². The zero-order valence-corrected chi connectivity index (χ0v) is 9.16. The standard InChI is InChI=1S/C12H13FO3/c1-8(5-12(14)15)7-16-10-3-4-11(13)9(2)6-10/h3-6H,7H2,1-2H3,(H,14,15)/b8-5-. The molecule has 0 unspecified atom stereocenters. The van der Waals surface area contributed by atoms with Gasteiger partial charge in [-0.3, -0.25) is 0 Å². The number of carbonyl (C=O) groups is 1. The topological polar surface area (TPSA) is 46.5 Å². The smallest absolute Gasteiger partial charge is 0.328 e. The van der Waals surface area contributed by atoms with Crippen LogP contribution in [0.1, 0.15) is 12.5 Å². The lowest BCUT2D eigenvalue weighted by Crippen LogP contribution is -2.01. The van der Waals surface area contributed by atoms with Crippen molar-refractivity contribution in [3.8, 4) is 5.75 Å². The fourth-order valence-corrected chi connectivity index (χ4v) is 1.16. The average Bonchev–Trinajstić information content (AvgIpc) is 2.19. The molecule has 1 N–H and O–H groups in total. The van der Waals surface area contributed by atoms with Crippen LogP contribution in [0, 0.1) is 12.7 Å². The largest absolute Gasteiger partial charge is 0.489 e. The van der Waals surface area contributed by atoms with Crippen molar-refractivity contribution in [2.75, 3.05) is 6.61 Å². The zero-order valence-electron chi connectivity index (χ0n) is 9.16. The molecule has 0 radical (unpaired) electrons. The van der Waals surface area contributed by atoms with E-state index in [0.29, 0.717) is 16.9 Å². The third kappa shape index (κ3) is 3.73. The van der Waals surface area contributed by atoms with Crippen LogP contribution in [0.15, 0.2) is 29.8 Å². The Morgan fingerprint density at radius 3 is 2.81 bits per heavy atom. The predicted octanol–water partition coefficient (Wildman–Crippen LogP) is 2.54. The fraction of sp³-hybridized carbons (Fsp3) is 0.250. The first-order chi connectivity index (χ1) is 7.49. The molecule has 0 aromatic heterocycles. The molecular weight excluding hydrogens is 211 g/mol. The summed E-state index contributed by atoms with van der Waals surface area (Å²) in [4.78, 5) is 10.3. The summed E-state index contributed by atoms with van der Waals surface area (Å²) < 4.78 is 18.2. The van der Waals surface area contributed by atoms with Crippen molar-refractivity contribution in [1.82, 2.24) is 0 Å². The maximum atomic E-state index is 12.9. The second-order valence-corrected chi connectivity index (χ2v) is 3.53. The Labute approximate surface area is 93.2 Å². The summed E-state index contributed by atoms with van der Waals surface area (Å²) in [7, 11) is 0. The molecule has 0 aliphatic rings. The van der Waals surface area contributed by atoms with Crippen molar-refractivity contribution in [1.29, 1.82) is 0 Å². The van der Waals surface area contributed by atoms with E-state index in [2.05, 4.69) is 0 Å². The van der Waals surface area contributed by atoms with Gasteiger partial charge in [-0.1, -0.05) is 0 Å². The number of aryl methyl sites for hydroxylation is 1. The molecule has 1 aromatic rings. The Hall–Kier alpha value is -1.84. The van der Waals surface area contributed by atoms with Crippen LogP contribution in [0.4, 0.5) is 4.39 Å². The van der Waals surface area contributed by atoms with E-state index in [4.69, 9.17) is 9.84 Å². The summed E-state index contributed by atoms with van der Waals surface area (Å²) in [5.41, 5.74) is 1.09. The van der Waals surface area contributed by atoms with Gasteiger partial charge in [-0.05, 0) is 43.2 Å². The Morgan fingerprint density at radius 2 is 2.25 bits per heavy atom. The molecule has 0 fully saturated rings. The first-order valence-corrected chi connectivity index (χ1v) is 4.78. The van der Waals surface area contributed by atoms with Crippen LogP contribution in [0.25, 0.3) is 0 Å². The van der Waals surface area contributed by atoms with E-state index in [0.717, 1.165) is 6.08 Å². The molecule has 0 spiro atoms. The van der Waals surface area contributed by atoms with Gasteiger partial charge >= 0.3 is 5.97 Å². The molecule has 4 heteroatoms. The number of benzene rings is 1. The zero-order chi connectivity index (χ0) is 12.1. The summed E-state index contributed by atoms with van der Waals surface area (Å²) in [6, 6.07) is 4.40. The number of carboxylic acids is 1. The van der Waals surface area contributed by atoms with Crippen LogP contribution in [-0.2, 0) is 4.79 Å². The van der Waals surface area contributed by atoms with Crippen molar-refractivity contribution in [3.05, 3.63) is 41.2 Å². The second-order valence-electron chi connectivity index (χ2n) is 3.53. The molecule has 1 aromatic carbocycles. The molecule has 0 heterocycles. The highest BCUT2D eigenvalue weighted by Crippen LogP contribution is 2.16. The minimum absolute atomic E-state index is 0.178. The maximum Gasteiger partial charge on any atom is 0.328 e. The van der Waals surface area contributed by atoms with E-state index in [9.17, 15) is 9.18 Å². The van der Waals surface area contributed by atoms with Gasteiger partial charge in [0.1, 0.15) is 18.2 Å². The average molecular weight is 224 g/mol. The van der Waals surface area contributed by atoms with Gasteiger partial charge in [0.05, 0.1) is 0 Å².